The van der Waals surface area contributed by atoms with Crippen LogP contribution in [0.4, 0.5) is 27.5 Å². The van der Waals surface area contributed by atoms with Crippen LogP contribution in [0.25, 0.3) is 11.3 Å². The van der Waals surface area contributed by atoms with Gasteiger partial charge in [-0.05, 0) is 101 Å². The molecule has 2 amide bonds. The Balaban J connectivity index is 0.00000137. The highest BCUT2D eigenvalue weighted by atomic mass is 35.5. The number of nitrogens with two attached hydrogens (primary N) is 2. The number of amides is 2. The van der Waals surface area contributed by atoms with Crippen molar-refractivity contribution in [2.24, 2.45) is 17.8 Å². The summed E-state index contributed by atoms with van der Waals surface area (Å²) in [4.78, 5) is 51.1. The van der Waals surface area contributed by atoms with Gasteiger partial charge in [-0.15, -0.1) is 0 Å². The molecule has 2 atom stereocenters. The van der Waals surface area contributed by atoms with E-state index in [-0.39, 0.29) is 86.3 Å². The maximum absolute atomic E-state index is 14.7. The van der Waals surface area contributed by atoms with Crippen LogP contribution in [-0.4, -0.2) is 84.3 Å². The second-order valence-electron chi connectivity index (χ2n) is 18.5. The molecule has 2 aromatic carbocycles. The molecule has 5 heterocycles. The van der Waals surface area contributed by atoms with Crippen molar-refractivity contribution in [1.82, 2.24) is 34.4 Å². The maximum Gasteiger partial charge on any atom is 0.287 e. The fourth-order valence-corrected chi connectivity index (χ4v) is 10.4. The minimum Gasteiger partial charge on any atom is -0.493 e. The van der Waals surface area contributed by atoms with Gasteiger partial charge < -0.3 is 26.0 Å². The van der Waals surface area contributed by atoms with Crippen molar-refractivity contribution in [2.45, 2.75) is 89.2 Å². The summed E-state index contributed by atoms with van der Waals surface area (Å²) >= 11 is 6.00. The van der Waals surface area contributed by atoms with E-state index in [9.17, 15) is 30.8 Å². The van der Waals surface area contributed by atoms with Crippen molar-refractivity contribution in [3.8, 4) is 17.0 Å². The first-order valence-electron chi connectivity index (χ1n) is 21.4. The molecular weight excluding hydrogens is 925 g/mol. The van der Waals surface area contributed by atoms with E-state index in [1.54, 1.807) is 6.07 Å². The van der Waals surface area contributed by atoms with Crippen LogP contribution in [0.1, 0.15) is 97.8 Å². The number of sulfonamides is 2. The normalized spacial score (nSPS) is 17.7. The fraction of sp³-hybridized carbons (Fsp3) is 0.400. The summed E-state index contributed by atoms with van der Waals surface area (Å²) in [6.45, 7) is 18.1. The van der Waals surface area contributed by atoms with Crippen LogP contribution in [0.3, 0.4) is 0 Å². The highest BCUT2D eigenvalue weighted by molar-refractivity contribution is 7.90. The zero-order valence-electron chi connectivity index (χ0n) is 38.4. The average Bonchev–Trinajstić information content (AvgIpc) is 3.68. The molecule has 2 fully saturated rings. The SMILES string of the molecule is CC(C)COc1cc(F)cc(-c2nc(N3C[C@@H](C)CC3(C)C)cnc2C(=O)NS(=O)(=O)c2cccc(N)c2)c1.C[C@@H]1CN(c2nc(Cl)cnc2C(=O)NS(=O)(=O)c2cccc(N)n2)C(C)(C)C1.[HH].[HH].[HH].[HH].[HH].[HH]. The first-order valence-corrected chi connectivity index (χ1v) is 24.7. The molecule has 0 saturated carbocycles. The molecule has 3 aromatic heterocycles. The molecule has 2 saturated heterocycles. The maximum atomic E-state index is 14.7. The largest absolute Gasteiger partial charge is 0.493 e. The lowest BCUT2D eigenvalue weighted by Gasteiger charge is -2.33. The third-order valence-corrected chi connectivity index (χ3v) is 13.7. The van der Waals surface area contributed by atoms with Crippen molar-refractivity contribution in [2.75, 3.05) is 41.0 Å². The van der Waals surface area contributed by atoms with Gasteiger partial charge in [0.2, 0.25) is 0 Å². The Morgan fingerprint density at radius 3 is 2.06 bits per heavy atom. The monoisotopic (exact) mass is 991 g/mol. The first kappa shape index (κ1) is 50.2. The average molecular weight is 993 g/mol. The predicted molar refractivity (Wildman–Crippen MR) is 267 cm³/mol. The summed E-state index contributed by atoms with van der Waals surface area (Å²) in [6, 6.07) is 13.7. The first-order chi connectivity index (χ1) is 31.2. The Hall–Kier alpha value is -6.19. The molecule has 370 valence electrons. The van der Waals surface area contributed by atoms with E-state index in [1.165, 1.54) is 67.0 Å². The Morgan fingerprint density at radius 1 is 0.836 bits per heavy atom. The molecule has 0 spiro atoms. The Morgan fingerprint density at radius 2 is 1.45 bits per heavy atom. The molecular formula is C45H67ClFN11O7S2. The third kappa shape index (κ3) is 12.0. The number of hydrogen-bond acceptors (Lipinski definition) is 16. The Bertz CT molecular complexity index is 2940. The van der Waals surface area contributed by atoms with Crippen LogP contribution >= 0.6 is 11.6 Å². The van der Waals surface area contributed by atoms with Gasteiger partial charge in [-0.1, -0.05) is 51.4 Å². The number of aromatic nitrogens is 5. The molecule has 22 heteroatoms. The minimum absolute atomic E-state index is 0. The molecule has 0 bridgehead atoms. The van der Waals surface area contributed by atoms with Crippen LogP contribution in [-0.2, 0) is 20.0 Å². The number of nitrogen functional groups attached to an aromatic ring is 2. The molecule has 5 aromatic rings. The zero-order valence-corrected chi connectivity index (χ0v) is 40.8. The summed E-state index contributed by atoms with van der Waals surface area (Å²) in [6.07, 6.45) is 4.46. The Labute approximate surface area is 404 Å². The number of anilines is 4. The topological polar surface area (TPSA) is 259 Å². The summed E-state index contributed by atoms with van der Waals surface area (Å²) in [5.41, 5.74) is 10.9. The van der Waals surface area contributed by atoms with E-state index >= 15 is 0 Å². The van der Waals surface area contributed by atoms with Gasteiger partial charge >= 0.3 is 0 Å². The van der Waals surface area contributed by atoms with Gasteiger partial charge in [0.25, 0.3) is 31.9 Å². The number of ether oxygens (including phenoxy) is 1. The summed E-state index contributed by atoms with van der Waals surface area (Å²) in [7, 11) is -8.50. The number of nitrogens with one attached hydrogen (secondary N) is 2. The van der Waals surface area contributed by atoms with Gasteiger partial charge in [0.05, 0.1) is 23.9 Å². The summed E-state index contributed by atoms with van der Waals surface area (Å²) in [5.74, 6) is -0.499. The van der Waals surface area contributed by atoms with Gasteiger partial charge in [-0.2, -0.15) is 8.42 Å². The summed E-state index contributed by atoms with van der Waals surface area (Å²) in [5, 5.41) is -0.248. The van der Waals surface area contributed by atoms with Crippen LogP contribution in [0.2, 0.25) is 5.15 Å². The van der Waals surface area contributed by atoms with Gasteiger partial charge in [0.15, 0.2) is 22.2 Å². The Kier molecular flexibility index (Phi) is 14.7. The number of halogens is 2. The number of carbonyl (C=O) groups excluding carboxylic acids is 2. The second kappa shape index (κ2) is 19.6. The molecule has 6 N–H and O–H groups in total. The number of benzene rings is 2. The number of nitrogens with zero attached hydrogens (tertiary/aromatic N) is 7. The molecule has 7 rings (SSSR count). The van der Waals surface area contributed by atoms with E-state index in [0.717, 1.165) is 19.4 Å². The lowest BCUT2D eigenvalue weighted by atomic mass is 9.97. The van der Waals surface area contributed by atoms with Crippen molar-refractivity contribution in [1.29, 1.82) is 0 Å². The molecule has 0 unspecified atom stereocenters. The lowest BCUT2D eigenvalue weighted by Crippen LogP contribution is -2.41. The summed E-state index contributed by atoms with van der Waals surface area (Å²) < 4.78 is 75.4. The van der Waals surface area contributed by atoms with Gasteiger partial charge in [-0.3, -0.25) is 9.59 Å². The molecule has 2 aliphatic rings. The number of pyridine rings is 1. The van der Waals surface area contributed by atoms with Gasteiger partial charge in [-0.25, -0.2) is 47.2 Å². The predicted octanol–water partition coefficient (Wildman–Crippen LogP) is 7.97. The zero-order chi connectivity index (χ0) is 49.2. The molecule has 2 aliphatic heterocycles. The van der Waals surface area contributed by atoms with Crippen molar-refractivity contribution in [3.05, 3.63) is 95.4 Å². The van der Waals surface area contributed by atoms with Crippen LogP contribution in [0.15, 0.2) is 83.0 Å². The van der Waals surface area contributed by atoms with Gasteiger partial charge in [0.1, 0.15) is 34.0 Å². The molecule has 0 radical (unpaired) electrons. The smallest absolute Gasteiger partial charge is 0.287 e. The minimum atomic E-state index is -4.27. The second-order valence-corrected chi connectivity index (χ2v) is 22.2. The number of rotatable bonds is 12. The van der Waals surface area contributed by atoms with Crippen LogP contribution < -0.4 is 35.4 Å². The quantitative estimate of drug-likeness (QED) is 0.0864. The van der Waals surface area contributed by atoms with Crippen molar-refractivity contribution in [3.63, 3.8) is 0 Å². The molecule has 67 heavy (non-hydrogen) atoms. The van der Waals surface area contributed by atoms with Crippen LogP contribution in [0.5, 0.6) is 5.75 Å². The fourth-order valence-electron chi connectivity index (χ4n) is 8.29. The van der Waals surface area contributed by atoms with E-state index in [4.69, 9.17) is 32.8 Å². The van der Waals surface area contributed by atoms with E-state index in [1.807, 2.05) is 42.0 Å². The van der Waals surface area contributed by atoms with E-state index in [2.05, 4.69) is 52.5 Å². The van der Waals surface area contributed by atoms with Gasteiger partial charge in [0, 0.05) is 50.0 Å². The number of hydrogen-bond donors (Lipinski definition) is 4. The standard InChI is InChI=1S/C28H34FN5O4S.C17H21ClN6O3S.6H2/c1-17(2)16-38-22-10-19(9-20(29)11-22)25-26(27(35)33-39(36,37)23-8-6-7-21(30)12-23)31-14-24(32-25)34-15-18(3)13-28(34,4)5;1-10-7-17(2,3)24(9-10)15-14(20-8-11(18)21-15)16(25)23-28(26,27)13-6-4-5-12(19)22-13;;;;;;/h6-12,14,17-18H,13,15-16,30H2,1-5H3,(H,33,35);4-6,8,10H,7,9H2,1-3H3,(H2,19,22)(H,23,25);6*1H/t18-;10-;;;;;;/m00....../s1. The number of carbonyl (C=O) groups is 2. The van der Waals surface area contributed by atoms with Crippen molar-refractivity contribution < 1.29 is 44.1 Å². The molecule has 0 aliphatic carbocycles. The van der Waals surface area contributed by atoms with E-state index < -0.39 is 37.7 Å². The van der Waals surface area contributed by atoms with Crippen LogP contribution in [0, 0.1) is 23.6 Å². The molecule has 18 nitrogen and oxygen atoms in total. The van der Waals surface area contributed by atoms with Crippen molar-refractivity contribution >= 4 is 66.6 Å². The highest BCUT2D eigenvalue weighted by Gasteiger charge is 2.40. The third-order valence-electron chi connectivity index (χ3n) is 11.0. The highest BCUT2D eigenvalue weighted by Crippen LogP contribution is 2.39. The van der Waals surface area contributed by atoms with E-state index in [0.29, 0.717) is 30.8 Å². The lowest BCUT2D eigenvalue weighted by molar-refractivity contribution is 0.0967.